The van der Waals surface area contributed by atoms with E-state index in [4.69, 9.17) is 4.74 Å². The summed E-state index contributed by atoms with van der Waals surface area (Å²) in [7, 11) is 1.37. The van der Waals surface area contributed by atoms with E-state index in [1.165, 1.54) is 7.11 Å². The molecule has 2 rings (SSSR count). The second kappa shape index (κ2) is 5.12. The summed E-state index contributed by atoms with van der Waals surface area (Å²) in [5.74, 6) is -0.399. The van der Waals surface area contributed by atoms with Gasteiger partial charge >= 0.3 is 5.97 Å². The summed E-state index contributed by atoms with van der Waals surface area (Å²) in [6.07, 6.45) is 1.67. The first-order valence-corrected chi connectivity index (χ1v) is 6.54. The Morgan fingerprint density at radius 2 is 2.10 bits per heavy atom. The minimum Gasteiger partial charge on any atom is -0.469 e. The third-order valence-corrected chi connectivity index (χ3v) is 3.78. The van der Waals surface area contributed by atoms with Gasteiger partial charge in [-0.25, -0.2) is 0 Å². The molecular formula is C16H19NO3. The van der Waals surface area contributed by atoms with Gasteiger partial charge in [0.2, 0.25) is 0 Å². The number of carbonyl (C=O) groups is 2. The lowest BCUT2D eigenvalue weighted by molar-refractivity contribution is -0.154. The van der Waals surface area contributed by atoms with Crippen molar-refractivity contribution in [2.24, 2.45) is 5.41 Å². The third kappa shape index (κ3) is 2.01. The highest BCUT2D eigenvalue weighted by Gasteiger charge is 2.48. The minimum atomic E-state index is -0.819. The fraction of sp³-hybridized carbons (Fsp3) is 0.375. The lowest BCUT2D eigenvalue weighted by Crippen LogP contribution is -2.41. The van der Waals surface area contributed by atoms with Gasteiger partial charge in [-0.15, -0.1) is 6.58 Å². The molecule has 4 nitrogen and oxygen atoms in total. The summed E-state index contributed by atoms with van der Waals surface area (Å²) in [6, 6.07) is 7.06. The fourth-order valence-corrected chi connectivity index (χ4v) is 2.85. The number of fused-ring (bicyclic) bond motifs is 1. The van der Waals surface area contributed by atoms with Gasteiger partial charge in [0.05, 0.1) is 18.6 Å². The van der Waals surface area contributed by atoms with E-state index in [1.54, 1.807) is 30.9 Å². The molecule has 0 spiro atoms. The molecule has 1 unspecified atom stereocenters. The topological polar surface area (TPSA) is 46.6 Å². The zero-order chi connectivity index (χ0) is 14.9. The molecule has 4 heteroatoms. The van der Waals surface area contributed by atoms with E-state index in [-0.39, 0.29) is 17.9 Å². The number of ether oxygens (including phenoxy) is 1. The first-order valence-electron chi connectivity index (χ1n) is 6.54. The quantitative estimate of drug-likeness (QED) is 0.625. The first-order chi connectivity index (χ1) is 9.45. The van der Waals surface area contributed by atoms with Gasteiger partial charge in [0.15, 0.2) is 0 Å². The molecule has 0 saturated heterocycles. The number of hydrogen-bond acceptors (Lipinski definition) is 3. The number of esters is 1. The summed E-state index contributed by atoms with van der Waals surface area (Å²) >= 11 is 0. The van der Waals surface area contributed by atoms with Gasteiger partial charge < -0.3 is 9.64 Å². The zero-order valence-corrected chi connectivity index (χ0v) is 12.1. The molecule has 0 fully saturated rings. The van der Waals surface area contributed by atoms with Crippen LogP contribution in [-0.4, -0.2) is 30.4 Å². The Morgan fingerprint density at radius 3 is 2.70 bits per heavy atom. The Hall–Kier alpha value is -2.10. The third-order valence-electron chi connectivity index (χ3n) is 3.78. The zero-order valence-electron chi connectivity index (χ0n) is 12.1. The lowest BCUT2D eigenvalue weighted by Gasteiger charge is -2.35. The van der Waals surface area contributed by atoms with Crippen LogP contribution < -0.4 is 0 Å². The maximum atomic E-state index is 12.5. The average molecular weight is 273 g/mol. The van der Waals surface area contributed by atoms with Crippen LogP contribution in [0.3, 0.4) is 0 Å². The van der Waals surface area contributed by atoms with Crippen molar-refractivity contribution in [3.63, 3.8) is 0 Å². The van der Waals surface area contributed by atoms with Crippen LogP contribution in [0.4, 0.5) is 0 Å². The number of nitrogens with zero attached hydrogens (tertiary/aromatic N) is 1. The highest BCUT2D eigenvalue weighted by atomic mass is 16.5. The summed E-state index contributed by atoms with van der Waals surface area (Å²) in [5, 5.41) is 0. The van der Waals surface area contributed by atoms with Crippen LogP contribution in [0.25, 0.3) is 0 Å². The van der Waals surface area contributed by atoms with Gasteiger partial charge in [-0.3, -0.25) is 9.59 Å². The SMILES string of the molecule is C=CCN1C(=O)c2ccccc2C1C(C)(C)C(=O)OC. The largest absolute Gasteiger partial charge is 0.469 e. The Labute approximate surface area is 119 Å². The first kappa shape index (κ1) is 14.3. The minimum absolute atomic E-state index is 0.0671. The van der Waals surface area contributed by atoms with E-state index >= 15 is 0 Å². The maximum absolute atomic E-state index is 12.5. The second-order valence-electron chi connectivity index (χ2n) is 5.45. The smallest absolute Gasteiger partial charge is 0.313 e. The van der Waals surface area contributed by atoms with Crippen molar-refractivity contribution < 1.29 is 14.3 Å². The predicted octanol–water partition coefficient (Wildman–Crippen LogP) is 2.57. The van der Waals surface area contributed by atoms with E-state index in [0.717, 1.165) is 5.56 Å². The predicted molar refractivity (Wildman–Crippen MR) is 76.2 cm³/mol. The van der Waals surface area contributed by atoms with Crippen molar-refractivity contribution in [3.8, 4) is 0 Å². The molecule has 0 aliphatic carbocycles. The molecule has 0 N–H and O–H groups in total. The molecule has 0 saturated carbocycles. The molecule has 20 heavy (non-hydrogen) atoms. The van der Waals surface area contributed by atoms with Crippen LogP contribution in [0.2, 0.25) is 0 Å². The molecule has 1 aromatic rings. The number of amides is 1. The van der Waals surface area contributed by atoms with E-state index in [1.807, 2.05) is 18.2 Å². The van der Waals surface area contributed by atoms with Gasteiger partial charge in [0, 0.05) is 12.1 Å². The van der Waals surface area contributed by atoms with E-state index in [9.17, 15) is 9.59 Å². The van der Waals surface area contributed by atoms with Gasteiger partial charge in [-0.05, 0) is 25.5 Å². The van der Waals surface area contributed by atoms with Crippen molar-refractivity contribution >= 4 is 11.9 Å². The Kier molecular flexibility index (Phi) is 3.66. The van der Waals surface area contributed by atoms with Crippen molar-refractivity contribution in [1.29, 1.82) is 0 Å². The summed E-state index contributed by atoms with van der Waals surface area (Å²) in [6.45, 7) is 7.70. The molecule has 1 heterocycles. The molecule has 1 aliphatic rings. The Balaban J connectivity index is 2.55. The monoisotopic (exact) mass is 273 g/mol. The van der Waals surface area contributed by atoms with E-state index < -0.39 is 5.41 Å². The molecule has 1 atom stereocenters. The molecule has 0 aromatic heterocycles. The van der Waals surface area contributed by atoms with Crippen molar-refractivity contribution in [2.45, 2.75) is 19.9 Å². The van der Waals surface area contributed by atoms with E-state index in [2.05, 4.69) is 6.58 Å². The van der Waals surface area contributed by atoms with Crippen molar-refractivity contribution in [2.75, 3.05) is 13.7 Å². The maximum Gasteiger partial charge on any atom is 0.313 e. The van der Waals surface area contributed by atoms with Crippen LogP contribution in [0.15, 0.2) is 36.9 Å². The van der Waals surface area contributed by atoms with Crippen LogP contribution in [0, 0.1) is 5.41 Å². The summed E-state index contributed by atoms with van der Waals surface area (Å²) < 4.78 is 4.90. The van der Waals surface area contributed by atoms with E-state index in [0.29, 0.717) is 12.1 Å². The number of carbonyl (C=O) groups excluding carboxylic acids is 2. The van der Waals surface area contributed by atoms with Gasteiger partial charge in [-0.1, -0.05) is 24.3 Å². The molecule has 1 aromatic carbocycles. The summed E-state index contributed by atoms with van der Waals surface area (Å²) in [4.78, 5) is 26.3. The molecule has 1 aliphatic heterocycles. The number of methoxy groups -OCH3 is 1. The fourth-order valence-electron chi connectivity index (χ4n) is 2.85. The van der Waals surface area contributed by atoms with Crippen LogP contribution in [-0.2, 0) is 9.53 Å². The van der Waals surface area contributed by atoms with Gasteiger partial charge in [-0.2, -0.15) is 0 Å². The van der Waals surface area contributed by atoms with Gasteiger partial charge in [0.25, 0.3) is 5.91 Å². The lowest BCUT2D eigenvalue weighted by atomic mass is 9.80. The molecule has 0 radical (unpaired) electrons. The van der Waals surface area contributed by atoms with Crippen molar-refractivity contribution in [1.82, 2.24) is 4.90 Å². The second-order valence-corrected chi connectivity index (χ2v) is 5.45. The Bertz CT molecular complexity index is 563. The summed E-state index contributed by atoms with van der Waals surface area (Å²) in [5.41, 5.74) is 0.700. The van der Waals surface area contributed by atoms with Crippen molar-refractivity contribution in [3.05, 3.63) is 48.0 Å². The molecule has 1 amide bonds. The van der Waals surface area contributed by atoms with Crippen LogP contribution in [0.1, 0.15) is 35.8 Å². The molecule has 106 valence electrons. The number of rotatable bonds is 4. The highest BCUT2D eigenvalue weighted by Crippen LogP contribution is 2.45. The van der Waals surface area contributed by atoms with Crippen LogP contribution in [0.5, 0.6) is 0 Å². The molecular weight excluding hydrogens is 254 g/mol. The van der Waals surface area contributed by atoms with Gasteiger partial charge in [0.1, 0.15) is 0 Å². The normalized spacial score (nSPS) is 17.9. The average Bonchev–Trinajstić information content (AvgIpc) is 2.72. The number of hydrogen-bond donors (Lipinski definition) is 0. The standard InChI is InChI=1S/C16H19NO3/c1-5-10-17-13(16(2,3)15(19)20-4)11-8-6-7-9-12(11)14(17)18/h5-9,13H,1,10H2,2-4H3. The highest BCUT2D eigenvalue weighted by molar-refractivity contribution is 6.00. The Morgan fingerprint density at radius 1 is 1.45 bits per heavy atom. The van der Waals surface area contributed by atoms with Crippen LogP contribution >= 0.6 is 0 Å². The number of benzene rings is 1. The molecule has 0 bridgehead atoms.